The zero-order valence-corrected chi connectivity index (χ0v) is 9.93. The average Bonchev–Trinajstić information content (AvgIpc) is 2.49. The van der Waals surface area contributed by atoms with Gasteiger partial charge < -0.3 is 5.32 Å². The summed E-state index contributed by atoms with van der Waals surface area (Å²) in [5.74, 6) is 0.352. The van der Waals surface area contributed by atoms with Crippen LogP contribution in [0.4, 0.5) is 4.79 Å². The van der Waals surface area contributed by atoms with Crippen LogP contribution in [-0.4, -0.2) is 34.8 Å². The molecule has 1 heterocycles. The second-order valence-corrected chi connectivity index (χ2v) is 4.10. The Hall–Kier alpha value is -0.770. The molecular weight excluding hydrogens is 216 g/mol. The summed E-state index contributed by atoms with van der Waals surface area (Å²) in [5, 5.41) is 2.77. The van der Waals surface area contributed by atoms with Gasteiger partial charge in [-0.05, 0) is 19.3 Å². The summed E-state index contributed by atoms with van der Waals surface area (Å²) in [6, 6.07) is -0.284. The van der Waals surface area contributed by atoms with Crippen molar-refractivity contribution >= 4 is 23.5 Å². The molecule has 3 amide bonds. The molecule has 0 aromatic carbocycles. The van der Waals surface area contributed by atoms with E-state index in [1.807, 2.05) is 13.8 Å². The number of amides is 3. The Kier molecular flexibility index (Phi) is 3.97. The van der Waals surface area contributed by atoms with E-state index in [9.17, 15) is 9.59 Å². The van der Waals surface area contributed by atoms with Crippen molar-refractivity contribution in [3.8, 4) is 0 Å². The maximum Gasteiger partial charge on any atom is 0.325 e. The number of rotatable bonds is 5. The average molecular weight is 233 g/mol. The van der Waals surface area contributed by atoms with Gasteiger partial charge in [-0.2, -0.15) is 0 Å². The monoisotopic (exact) mass is 232 g/mol. The minimum absolute atomic E-state index is 0.109. The molecule has 0 radical (unpaired) electrons. The Morgan fingerprint density at radius 3 is 2.33 bits per heavy atom. The maximum atomic E-state index is 12.0. The first-order valence-corrected chi connectivity index (χ1v) is 5.84. The summed E-state index contributed by atoms with van der Waals surface area (Å²) in [4.78, 5) is 24.9. The number of urea groups is 1. The lowest BCUT2D eigenvalue weighted by molar-refractivity contribution is -0.131. The number of hydrogen-bond acceptors (Lipinski definition) is 2. The van der Waals surface area contributed by atoms with E-state index in [1.165, 1.54) is 4.90 Å². The van der Waals surface area contributed by atoms with Crippen LogP contribution in [-0.2, 0) is 4.79 Å². The molecule has 4 nitrogen and oxygen atoms in total. The number of nitrogens with one attached hydrogen (secondary N) is 1. The van der Waals surface area contributed by atoms with Crippen LogP contribution in [0.25, 0.3) is 0 Å². The van der Waals surface area contributed by atoms with Gasteiger partial charge in [0, 0.05) is 12.4 Å². The molecule has 0 aromatic rings. The second-order valence-electron chi connectivity index (χ2n) is 3.72. The van der Waals surface area contributed by atoms with Crippen LogP contribution in [0.5, 0.6) is 0 Å². The highest BCUT2D eigenvalue weighted by Gasteiger charge is 2.48. The molecule has 0 atom stereocenters. The topological polar surface area (TPSA) is 49.4 Å². The molecule has 5 heteroatoms. The van der Waals surface area contributed by atoms with Crippen molar-refractivity contribution in [1.29, 1.82) is 0 Å². The third-order valence-corrected chi connectivity index (χ3v) is 3.24. The standard InChI is InChI=1S/C10H17ClN2O2/c1-3-10(4-2)8(14)13(7-5-6-11)9(15)12-10/h3-7H2,1-2H3,(H,12,15). The van der Waals surface area contributed by atoms with E-state index in [-0.39, 0.29) is 11.9 Å². The fourth-order valence-electron chi connectivity index (χ4n) is 1.83. The van der Waals surface area contributed by atoms with Gasteiger partial charge in [-0.1, -0.05) is 13.8 Å². The predicted octanol–water partition coefficient (Wildman–Crippen LogP) is 1.73. The van der Waals surface area contributed by atoms with Crippen LogP contribution in [0.2, 0.25) is 0 Å². The third kappa shape index (κ3) is 2.09. The van der Waals surface area contributed by atoms with E-state index >= 15 is 0 Å². The van der Waals surface area contributed by atoms with Crippen LogP contribution in [0, 0.1) is 0 Å². The number of nitrogens with zero attached hydrogens (tertiary/aromatic N) is 1. The van der Waals surface area contributed by atoms with Crippen LogP contribution in [0.15, 0.2) is 0 Å². The highest BCUT2D eigenvalue weighted by Crippen LogP contribution is 2.24. The number of hydrogen-bond donors (Lipinski definition) is 1. The molecule has 1 aliphatic rings. The van der Waals surface area contributed by atoms with Gasteiger partial charge in [-0.3, -0.25) is 9.69 Å². The summed E-state index contributed by atoms with van der Waals surface area (Å²) in [6.07, 6.45) is 1.90. The Balaban J connectivity index is 2.77. The van der Waals surface area contributed by atoms with Crippen molar-refractivity contribution < 1.29 is 9.59 Å². The summed E-state index contributed by atoms with van der Waals surface area (Å²) in [7, 11) is 0. The van der Waals surface area contributed by atoms with Crippen molar-refractivity contribution in [2.45, 2.75) is 38.6 Å². The first-order valence-electron chi connectivity index (χ1n) is 5.31. The molecule has 0 bridgehead atoms. The quantitative estimate of drug-likeness (QED) is 0.580. The Labute approximate surface area is 95.0 Å². The molecule has 15 heavy (non-hydrogen) atoms. The minimum Gasteiger partial charge on any atom is -0.323 e. The van der Waals surface area contributed by atoms with E-state index in [1.54, 1.807) is 0 Å². The van der Waals surface area contributed by atoms with E-state index in [0.29, 0.717) is 31.7 Å². The zero-order chi connectivity index (χ0) is 11.5. The lowest BCUT2D eigenvalue weighted by atomic mass is 9.93. The Bertz CT molecular complexity index is 264. The number of carbonyl (C=O) groups excluding carboxylic acids is 2. The SMILES string of the molecule is CCC1(CC)NC(=O)N(CCCCl)C1=O. The smallest absolute Gasteiger partial charge is 0.323 e. The van der Waals surface area contributed by atoms with Crippen LogP contribution >= 0.6 is 11.6 Å². The molecule has 1 aliphatic heterocycles. The molecule has 1 fully saturated rings. The molecule has 0 saturated carbocycles. The normalized spacial score (nSPS) is 19.5. The van der Waals surface area contributed by atoms with E-state index in [0.717, 1.165) is 0 Å². The van der Waals surface area contributed by atoms with Crippen molar-refractivity contribution in [2.24, 2.45) is 0 Å². The third-order valence-electron chi connectivity index (χ3n) is 2.97. The minimum atomic E-state index is -0.677. The Morgan fingerprint density at radius 2 is 1.93 bits per heavy atom. The number of carbonyl (C=O) groups is 2. The summed E-state index contributed by atoms with van der Waals surface area (Å²) in [5.41, 5.74) is -0.677. The van der Waals surface area contributed by atoms with Gasteiger partial charge in [0.05, 0.1) is 0 Å². The predicted molar refractivity (Wildman–Crippen MR) is 58.9 cm³/mol. The van der Waals surface area contributed by atoms with Crippen molar-refractivity contribution in [3.05, 3.63) is 0 Å². The fourth-order valence-corrected chi connectivity index (χ4v) is 1.95. The maximum absolute atomic E-state index is 12.0. The highest BCUT2D eigenvalue weighted by atomic mass is 35.5. The zero-order valence-electron chi connectivity index (χ0n) is 9.18. The van der Waals surface area contributed by atoms with Crippen molar-refractivity contribution in [2.75, 3.05) is 12.4 Å². The van der Waals surface area contributed by atoms with E-state index in [4.69, 9.17) is 11.6 Å². The highest BCUT2D eigenvalue weighted by molar-refractivity contribution is 6.17. The van der Waals surface area contributed by atoms with Gasteiger partial charge in [-0.25, -0.2) is 4.79 Å². The summed E-state index contributed by atoms with van der Waals surface area (Å²) in [6.45, 7) is 4.23. The van der Waals surface area contributed by atoms with Gasteiger partial charge >= 0.3 is 6.03 Å². The lowest BCUT2D eigenvalue weighted by Gasteiger charge is -2.23. The van der Waals surface area contributed by atoms with Gasteiger partial charge in [0.25, 0.3) is 5.91 Å². The number of halogens is 1. The molecule has 0 unspecified atom stereocenters. The molecule has 0 aliphatic carbocycles. The summed E-state index contributed by atoms with van der Waals surface area (Å²) >= 11 is 5.54. The summed E-state index contributed by atoms with van der Waals surface area (Å²) < 4.78 is 0. The second kappa shape index (κ2) is 4.84. The molecule has 1 saturated heterocycles. The van der Waals surface area contributed by atoms with Crippen molar-refractivity contribution in [3.63, 3.8) is 0 Å². The van der Waals surface area contributed by atoms with Gasteiger partial charge in [-0.15, -0.1) is 11.6 Å². The number of alkyl halides is 1. The van der Waals surface area contributed by atoms with Gasteiger partial charge in [0.1, 0.15) is 5.54 Å². The largest absolute Gasteiger partial charge is 0.325 e. The van der Waals surface area contributed by atoms with Crippen LogP contribution in [0.3, 0.4) is 0 Å². The fraction of sp³-hybridized carbons (Fsp3) is 0.800. The van der Waals surface area contributed by atoms with E-state index < -0.39 is 5.54 Å². The molecule has 1 N–H and O–H groups in total. The molecular formula is C10H17ClN2O2. The molecule has 0 aromatic heterocycles. The van der Waals surface area contributed by atoms with Gasteiger partial charge in [0.2, 0.25) is 0 Å². The van der Waals surface area contributed by atoms with E-state index in [2.05, 4.69) is 5.32 Å². The van der Waals surface area contributed by atoms with Crippen LogP contribution in [0.1, 0.15) is 33.1 Å². The lowest BCUT2D eigenvalue weighted by Crippen LogP contribution is -2.45. The van der Waals surface area contributed by atoms with Gasteiger partial charge in [0.15, 0.2) is 0 Å². The molecule has 0 spiro atoms. The molecule has 86 valence electrons. The first kappa shape index (κ1) is 12.3. The first-order chi connectivity index (χ1) is 7.11. The number of imide groups is 1. The van der Waals surface area contributed by atoms with Crippen molar-refractivity contribution in [1.82, 2.24) is 10.2 Å². The molecule has 1 rings (SSSR count). The Morgan fingerprint density at radius 1 is 1.33 bits per heavy atom. The van der Waals surface area contributed by atoms with Crippen LogP contribution < -0.4 is 5.32 Å².